The van der Waals surface area contributed by atoms with E-state index >= 15 is 8.78 Å². The van der Waals surface area contributed by atoms with Crippen molar-refractivity contribution in [2.75, 3.05) is 30.8 Å². The molecule has 0 bridgehead atoms. The van der Waals surface area contributed by atoms with Crippen LogP contribution in [0.25, 0.3) is 28.0 Å². The zero-order valence-electron chi connectivity index (χ0n) is 26.8. The van der Waals surface area contributed by atoms with Crippen LogP contribution in [0.3, 0.4) is 0 Å². The van der Waals surface area contributed by atoms with Gasteiger partial charge in [-0.05, 0) is 56.7 Å². The third-order valence-electron chi connectivity index (χ3n) is 7.95. The Morgan fingerprint density at radius 2 is 1.73 bits per heavy atom. The molecule has 2 aromatic heterocycles. The number of nitrogens with zero attached hydrogens (tertiary/aromatic N) is 7. The average molecular weight is 619 g/mol. The van der Waals surface area contributed by atoms with Gasteiger partial charge in [0, 0.05) is 37.9 Å². The Morgan fingerprint density at radius 1 is 1.09 bits per heavy atom. The smallest absolute Gasteiger partial charge is 0.355 e. The number of nitrogen functional groups attached to an aromatic ring is 1. The number of hydrogen-bond donors (Lipinski definition) is 1. The summed E-state index contributed by atoms with van der Waals surface area (Å²) in [5.74, 6) is -2.00. The largest absolute Gasteiger partial charge is 0.398 e. The molecule has 4 rings (SSSR count). The number of hydrogen-bond acceptors (Lipinski definition) is 8. The van der Waals surface area contributed by atoms with Gasteiger partial charge in [0.15, 0.2) is 11.5 Å². The molecular weight excluding hydrogens is 578 g/mol. The lowest BCUT2D eigenvalue weighted by atomic mass is 9.98. The van der Waals surface area contributed by atoms with E-state index in [-0.39, 0.29) is 63.6 Å². The summed E-state index contributed by atoms with van der Waals surface area (Å²) < 4.78 is 32.5. The van der Waals surface area contributed by atoms with E-state index in [1.54, 1.807) is 11.9 Å². The summed E-state index contributed by atoms with van der Waals surface area (Å²) in [7, 11) is 1.61. The van der Waals surface area contributed by atoms with Crippen LogP contribution in [0.4, 0.5) is 20.3 Å². The lowest BCUT2D eigenvalue weighted by Gasteiger charge is -2.44. The maximum absolute atomic E-state index is 16.1. The van der Waals surface area contributed by atoms with Gasteiger partial charge in [0.25, 0.3) is 0 Å². The first-order chi connectivity index (χ1) is 21.3. The molecule has 0 aliphatic carbocycles. The first-order valence-corrected chi connectivity index (χ1v) is 14.8. The van der Waals surface area contributed by atoms with E-state index in [4.69, 9.17) is 5.73 Å². The predicted octanol–water partition coefficient (Wildman–Crippen LogP) is 5.18. The fourth-order valence-electron chi connectivity index (χ4n) is 6.08. The maximum Gasteiger partial charge on any atom is 0.355 e. The second kappa shape index (κ2) is 13.1. The Morgan fingerprint density at radius 3 is 2.24 bits per heavy atom. The van der Waals surface area contributed by atoms with Crippen molar-refractivity contribution in [2.24, 2.45) is 21.8 Å². The summed E-state index contributed by atoms with van der Waals surface area (Å²) in [4.78, 5) is 48.2. The molecule has 238 valence electrons. The number of aliphatic imine (C=N–C) groups is 2. The quantitative estimate of drug-likeness (QED) is 0.211. The minimum atomic E-state index is -0.848. The van der Waals surface area contributed by atoms with Crippen molar-refractivity contribution in [1.29, 1.82) is 0 Å². The molecule has 1 aliphatic heterocycles. The number of benzene rings is 1. The van der Waals surface area contributed by atoms with Crippen molar-refractivity contribution in [3.8, 4) is 11.3 Å². The van der Waals surface area contributed by atoms with Crippen LogP contribution >= 0.6 is 0 Å². The molecular formula is C33H40F2N8O2. The number of aromatic nitrogens is 3. The molecule has 0 spiro atoms. The van der Waals surface area contributed by atoms with Crippen LogP contribution in [0.15, 0.2) is 57.4 Å². The normalized spacial score (nSPS) is 18.1. The number of piperazine rings is 1. The molecule has 1 saturated heterocycles. The number of rotatable bonds is 8. The number of amides is 1. The fourth-order valence-corrected chi connectivity index (χ4v) is 6.08. The molecule has 0 saturated carbocycles. The third kappa shape index (κ3) is 6.01. The summed E-state index contributed by atoms with van der Waals surface area (Å²) in [6.07, 6.45) is 1.27. The summed E-state index contributed by atoms with van der Waals surface area (Å²) in [5.41, 5.74) is 6.13. The zero-order valence-corrected chi connectivity index (χ0v) is 26.8. The SMILES string of the molecule is C=CC(=O)N1[C@H](C)CN(c2nc(=O)n(/C(C(=NC)C(C)C)=C(/N=C)C(C)C)c3nc(-c4c(N)cccc4F)c(F)cc23)C[C@@H]1C. The lowest BCUT2D eigenvalue weighted by Crippen LogP contribution is -2.58. The molecule has 45 heavy (non-hydrogen) atoms. The molecule has 1 aromatic carbocycles. The number of anilines is 2. The number of carbonyl (C=O) groups excluding carboxylic acids is 1. The van der Waals surface area contributed by atoms with Gasteiger partial charge in [-0.2, -0.15) is 4.98 Å². The molecule has 0 radical (unpaired) electrons. The van der Waals surface area contributed by atoms with Gasteiger partial charge >= 0.3 is 5.69 Å². The van der Waals surface area contributed by atoms with Crippen LogP contribution in [-0.4, -0.2) is 70.0 Å². The highest BCUT2D eigenvalue weighted by Gasteiger charge is 2.35. The third-order valence-corrected chi connectivity index (χ3v) is 7.95. The number of allylic oxidation sites excluding steroid dienone is 2. The zero-order chi connectivity index (χ0) is 33.3. The molecule has 1 fully saturated rings. The maximum atomic E-state index is 16.1. The lowest BCUT2D eigenvalue weighted by molar-refractivity contribution is -0.130. The number of pyridine rings is 1. The molecule has 1 aliphatic rings. The predicted molar refractivity (Wildman–Crippen MR) is 178 cm³/mol. The highest BCUT2D eigenvalue weighted by atomic mass is 19.1. The number of carbonyl (C=O) groups is 1. The van der Waals surface area contributed by atoms with Crippen LogP contribution in [0.2, 0.25) is 0 Å². The van der Waals surface area contributed by atoms with Crippen molar-refractivity contribution in [2.45, 2.75) is 53.6 Å². The first-order valence-electron chi connectivity index (χ1n) is 14.8. The first kappa shape index (κ1) is 33.2. The van der Waals surface area contributed by atoms with E-state index in [0.29, 0.717) is 30.2 Å². The molecule has 2 N–H and O–H groups in total. The van der Waals surface area contributed by atoms with Gasteiger partial charge in [0.05, 0.1) is 28.1 Å². The Balaban J connectivity index is 2.16. The van der Waals surface area contributed by atoms with Gasteiger partial charge in [-0.1, -0.05) is 40.3 Å². The minimum absolute atomic E-state index is 0.0148. The van der Waals surface area contributed by atoms with Crippen LogP contribution < -0.4 is 16.3 Å². The molecule has 12 heteroatoms. The molecule has 2 atom stereocenters. The molecule has 0 unspecified atom stereocenters. The molecule has 10 nitrogen and oxygen atoms in total. The van der Waals surface area contributed by atoms with Gasteiger partial charge in [0.1, 0.15) is 17.3 Å². The van der Waals surface area contributed by atoms with Crippen molar-refractivity contribution in [3.63, 3.8) is 0 Å². The van der Waals surface area contributed by atoms with Gasteiger partial charge in [-0.3, -0.25) is 14.8 Å². The monoisotopic (exact) mass is 618 g/mol. The summed E-state index contributed by atoms with van der Waals surface area (Å²) in [6.45, 7) is 19.4. The highest BCUT2D eigenvalue weighted by Crippen LogP contribution is 2.36. The van der Waals surface area contributed by atoms with E-state index in [9.17, 15) is 9.59 Å². The number of fused-ring (bicyclic) bond motifs is 1. The van der Waals surface area contributed by atoms with Crippen LogP contribution in [-0.2, 0) is 4.79 Å². The number of halogens is 2. The Hall–Kier alpha value is -4.74. The van der Waals surface area contributed by atoms with Gasteiger partial charge in [0.2, 0.25) is 5.91 Å². The summed E-state index contributed by atoms with van der Waals surface area (Å²) in [6, 6.07) is 4.68. The van der Waals surface area contributed by atoms with E-state index in [2.05, 4.69) is 33.2 Å². The van der Waals surface area contributed by atoms with Gasteiger partial charge in [-0.15, -0.1) is 0 Å². The second-order valence-electron chi connectivity index (χ2n) is 11.8. The van der Waals surface area contributed by atoms with Crippen LogP contribution in [0.1, 0.15) is 41.5 Å². The topological polar surface area (TPSA) is 122 Å². The summed E-state index contributed by atoms with van der Waals surface area (Å²) in [5, 5.41) is 0.206. The minimum Gasteiger partial charge on any atom is -0.398 e. The van der Waals surface area contributed by atoms with Crippen LogP contribution in [0.5, 0.6) is 0 Å². The van der Waals surface area contributed by atoms with Crippen LogP contribution in [0, 0.1) is 23.5 Å². The van der Waals surface area contributed by atoms with E-state index in [1.807, 2.05) is 46.4 Å². The van der Waals surface area contributed by atoms with Crippen molar-refractivity contribution in [1.82, 2.24) is 19.4 Å². The second-order valence-corrected chi connectivity index (χ2v) is 11.8. The Labute approximate surface area is 261 Å². The van der Waals surface area contributed by atoms with E-state index in [1.165, 1.54) is 34.9 Å². The van der Waals surface area contributed by atoms with E-state index < -0.39 is 17.3 Å². The van der Waals surface area contributed by atoms with Gasteiger partial charge < -0.3 is 15.5 Å². The Bertz CT molecular complexity index is 1760. The van der Waals surface area contributed by atoms with Gasteiger partial charge in [-0.25, -0.2) is 23.1 Å². The van der Waals surface area contributed by atoms with Crippen molar-refractivity contribution < 1.29 is 13.6 Å². The number of nitrogens with two attached hydrogens (primary N) is 1. The standard InChI is InChI=1S/C33H40F2N8O2/c1-10-25(44)42-19(6)15-41(16-20(42)7)31-21-14-23(35)29(26-22(34)12-11-13-24(26)36)39-32(21)43(33(45)40-31)30(27(37-8)17(2)3)28(38-9)18(4)5/h10-14,17-20H,1,8,15-16,36H2,2-7,9H3/b30-27+,38-28?/t19-,20+. The van der Waals surface area contributed by atoms with Crippen molar-refractivity contribution >= 4 is 46.6 Å². The van der Waals surface area contributed by atoms with Crippen molar-refractivity contribution in [3.05, 3.63) is 64.7 Å². The summed E-state index contributed by atoms with van der Waals surface area (Å²) >= 11 is 0. The highest BCUT2D eigenvalue weighted by molar-refractivity contribution is 6.21. The molecule has 3 aromatic rings. The average Bonchev–Trinajstić information content (AvgIpc) is 2.96. The Kier molecular flexibility index (Phi) is 9.65. The van der Waals surface area contributed by atoms with E-state index in [0.717, 1.165) is 0 Å². The fraction of sp³-hybridized carbons (Fsp3) is 0.394. The molecule has 3 heterocycles. The molecule has 1 amide bonds.